The van der Waals surface area contributed by atoms with Crippen LogP contribution in [0.5, 0.6) is 0 Å². The van der Waals surface area contributed by atoms with E-state index in [0.29, 0.717) is 0 Å². The molecule has 19 heavy (non-hydrogen) atoms. The van der Waals surface area contributed by atoms with E-state index in [9.17, 15) is 4.79 Å². The number of rotatable bonds is 4. The number of aromatic nitrogens is 1. The number of nitrogens with one attached hydrogen (secondary N) is 4. The van der Waals surface area contributed by atoms with Gasteiger partial charge in [0.05, 0.1) is 11.7 Å². The Morgan fingerprint density at radius 2 is 2.26 bits per heavy atom. The first-order chi connectivity index (χ1) is 9.11. The SMILES string of the molecule is CCC(NC(=O)C1NNNC1C)c1ccc(C)cn1. The normalized spacial score (nSPS) is 24.2. The van der Waals surface area contributed by atoms with Gasteiger partial charge in [-0.25, -0.2) is 10.9 Å². The number of hydrazine groups is 2. The van der Waals surface area contributed by atoms with E-state index in [4.69, 9.17) is 0 Å². The van der Waals surface area contributed by atoms with Gasteiger partial charge >= 0.3 is 0 Å². The molecule has 6 heteroatoms. The summed E-state index contributed by atoms with van der Waals surface area (Å²) in [5.41, 5.74) is 10.6. The number of pyridine rings is 1. The lowest BCUT2D eigenvalue weighted by molar-refractivity contribution is -0.123. The molecule has 104 valence electrons. The third kappa shape index (κ3) is 3.28. The molecule has 2 heterocycles. The van der Waals surface area contributed by atoms with Crippen molar-refractivity contribution in [1.29, 1.82) is 0 Å². The highest BCUT2D eigenvalue weighted by molar-refractivity contribution is 5.83. The molecular formula is C13H21N5O. The molecule has 0 radical (unpaired) electrons. The average Bonchev–Trinajstić information content (AvgIpc) is 2.83. The second-order valence-electron chi connectivity index (χ2n) is 4.91. The van der Waals surface area contributed by atoms with Gasteiger partial charge < -0.3 is 5.32 Å². The molecule has 1 amide bonds. The maximum absolute atomic E-state index is 12.2. The molecule has 1 saturated heterocycles. The number of hydrogen-bond acceptors (Lipinski definition) is 5. The van der Waals surface area contributed by atoms with Gasteiger partial charge in [-0.05, 0) is 31.9 Å². The highest BCUT2D eigenvalue weighted by Crippen LogP contribution is 2.15. The summed E-state index contributed by atoms with van der Waals surface area (Å²) in [4.78, 5) is 16.6. The van der Waals surface area contributed by atoms with Gasteiger partial charge in [0.2, 0.25) is 5.91 Å². The van der Waals surface area contributed by atoms with Crippen molar-refractivity contribution in [3.05, 3.63) is 29.6 Å². The molecular weight excluding hydrogens is 242 g/mol. The van der Waals surface area contributed by atoms with Crippen molar-refractivity contribution in [3.8, 4) is 0 Å². The zero-order chi connectivity index (χ0) is 13.8. The highest BCUT2D eigenvalue weighted by Gasteiger charge is 2.30. The Morgan fingerprint density at radius 3 is 2.79 bits per heavy atom. The third-order valence-electron chi connectivity index (χ3n) is 3.33. The third-order valence-corrected chi connectivity index (χ3v) is 3.33. The maximum Gasteiger partial charge on any atom is 0.240 e. The van der Waals surface area contributed by atoms with E-state index in [2.05, 4.69) is 26.7 Å². The lowest BCUT2D eigenvalue weighted by Crippen LogP contribution is -2.47. The summed E-state index contributed by atoms with van der Waals surface area (Å²) in [6.45, 7) is 5.98. The van der Waals surface area contributed by atoms with E-state index < -0.39 is 0 Å². The summed E-state index contributed by atoms with van der Waals surface area (Å²) >= 11 is 0. The van der Waals surface area contributed by atoms with Gasteiger partial charge in [-0.1, -0.05) is 13.0 Å². The van der Waals surface area contributed by atoms with Crippen LogP contribution in [-0.2, 0) is 4.79 Å². The summed E-state index contributed by atoms with van der Waals surface area (Å²) in [5.74, 6) is -0.0285. The van der Waals surface area contributed by atoms with Crippen LogP contribution in [-0.4, -0.2) is 23.0 Å². The molecule has 6 nitrogen and oxygen atoms in total. The Bertz CT molecular complexity index is 433. The van der Waals surface area contributed by atoms with E-state index in [-0.39, 0.29) is 24.0 Å². The minimum atomic E-state index is -0.278. The van der Waals surface area contributed by atoms with Crippen LogP contribution in [0.25, 0.3) is 0 Å². The topological polar surface area (TPSA) is 78.1 Å². The minimum Gasteiger partial charge on any atom is -0.346 e. The van der Waals surface area contributed by atoms with Crippen molar-refractivity contribution in [3.63, 3.8) is 0 Å². The predicted molar refractivity (Wildman–Crippen MR) is 72.8 cm³/mol. The summed E-state index contributed by atoms with van der Waals surface area (Å²) in [7, 11) is 0. The molecule has 2 rings (SSSR count). The van der Waals surface area contributed by atoms with Gasteiger partial charge in [-0.2, -0.15) is 5.53 Å². The van der Waals surface area contributed by atoms with Crippen LogP contribution in [0.1, 0.15) is 37.6 Å². The van der Waals surface area contributed by atoms with Crippen LogP contribution in [0.15, 0.2) is 18.3 Å². The highest BCUT2D eigenvalue weighted by atomic mass is 16.2. The number of hydrogen-bond donors (Lipinski definition) is 4. The molecule has 0 aliphatic carbocycles. The van der Waals surface area contributed by atoms with E-state index in [1.807, 2.05) is 39.1 Å². The Balaban J connectivity index is 2.02. The van der Waals surface area contributed by atoms with Crippen molar-refractivity contribution in [2.75, 3.05) is 0 Å². The quantitative estimate of drug-likeness (QED) is 0.629. The fraction of sp³-hybridized carbons (Fsp3) is 0.538. The van der Waals surface area contributed by atoms with Gasteiger partial charge in [0, 0.05) is 12.2 Å². The molecule has 0 spiro atoms. The van der Waals surface area contributed by atoms with E-state index in [1.165, 1.54) is 0 Å². The fourth-order valence-electron chi connectivity index (χ4n) is 2.07. The first-order valence-corrected chi connectivity index (χ1v) is 6.60. The Hall–Kier alpha value is -1.50. The molecule has 0 saturated carbocycles. The molecule has 4 N–H and O–H groups in total. The monoisotopic (exact) mass is 263 g/mol. The Morgan fingerprint density at radius 1 is 1.47 bits per heavy atom. The molecule has 1 aliphatic heterocycles. The lowest BCUT2D eigenvalue weighted by atomic mass is 10.1. The number of carbonyl (C=O) groups is 1. The molecule has 1 fully saturated rings. The van der Waals surface area contributed by atoms with Crippen LogP contribution in [0.3, 0.4) is 0 Å². The van der Waals surface area contributed by atoms with Gasteiger partial charge in [-0.15, -0.1) is 0 Å². The van der Waals surface area contributed by atoms with Crippen LogP contribution in [0.4, 0.5) is 0 Å². The van der Waals surface area contributed by atoms with Crippen LogP contribution >= 0.6 is 0 Å². The standard InChI is InChI=1S/C13H21N5O/c1-4-10(11-6-5-8(2)7-14-11)15-13(19)12-9(3)16-18-17-12/h5-7,9-10,12,16-18H,4H2,1-3H3,(H,15,19). The zero-order valence-corrected chi connectivity index (χ0v) is 11.5. The Labute approximate surface area is 113 Å². The van der Waals surface area contributed by atoms with Gasteiger partial charge in [-0.3, -0.25) is 9.78 Å². The summed E-state index contributed by atoms with van der Waals surface area (Å²) < 4.78 is 0. The molecule has 0 bridgehead atoms. The molecule has 3 unspecified atom stereocenters. The van der Waals surface area contributed by atoms with Crippen molar-refractivity contribution in [1.82, 2.24) is 26.7 Å². The van der Waals surface area contributed by atoms with E-state index in [1.54, 1.807) is 0 Å². The maximum atomic E-state index is 12.2. The van der Waals surface area contributed by atoms with Crippen molar-refractivity contribution >= 4 is 5.91 Å². The number of aryl methyl sites for hydroxylation is 1. The molecule has 1 aromatic heterocycles. The number of amides is 1. The first-order valence-electron chi connectivity index (χ1n) is 6.60. The number of nitrogens with zero attached hydrogens (tertiary/aromatic N) is 1. The number of carbonyl (C=O) groups excluding carboxylic acids is 1. The van der Waals surface area contributed by atoms with Gasteiger partial charge in [0.15, 0.2) is 0 Å². The van der Waals surface area contributed by atoms with Crippen molar-refractivity contribution in [2.45, 2.75) is 45.3 Å². The summed E-state index contributed by atoms with van der Waals surface area (Å²) in [5, 5.41) is 3.03. The second-order valence-corrected chi connectivity index (χ2v) is 4.91. The molecule has 0 aromatic carbocycles. The second kappa shape index (κ2) is 6.10. The summed E-state index contributed by atoms with van der Waals surface area (Å²) in [6.07, 6.45) is 2.63. The predicted octanol–water partition coefficient (Wildman–Crippen LogP) is 0.327. The molecule has 1 aromatic rings. The van der Waals surface area contributed by atoms with Gasteiger partial charge in [0.1, 0.15) is 6.04 Å². The first kappa shape index (κ1) is 13.9. The minimum absolute atomic E-state index is 0.0285. The molecule has 1 aliphatic rings. The van der Waals surface area contributed by atoms with Crippen LogP contribution in [0, 0.1) is 6.92 Å². The van der Waals surface area contributed by atoms with Crippen LogP contribution < -0.4 is 21.7 Å². The zero-order valence-electron chi connectivity index (χ0n) is 11.5. The van der Waals surface area contributed by atoms with E-state index in [0.717, 1.165) is 17.7 Å². The van der Waals surface area contributed by atoms with Gasteiger partial charge in [0.25, 0.3) is 0 Å². The van der Waals surface area contributed by atoms with Crippen molar-refractivity contribution in [2.24, 2.45) is 0 Å². The summed E-state index contributed by atoms with van der Waals surface area (Å²) in [6, 6.07) is 3.69. The van der Waals surface area contributed by atoms with Crippen LogP contribution in [0.2, 0.25) is 0 Å². The average molecular weight is 263 g/mol. The fourth-order valence-corrected chi connectivity index (χ4v) is 2.07. The smallest absolute Gasteiger partial charge is 0.240 e. The lowest BCUT2D eigenvalue weighted by Gasteiger charge is -2.20. The molecule has 3 atom stereocenters. The van der Waals surface area contributed by atoms with E-state index >= 15 is 0 Å². The van der Waals surface area contributed by atoms with Crippen molar-refractivity contribution < 1.29 is 4.79 Å². The largest absolute Gasteiger partial charge is 0.346 e. The Kier molecular flexibility index (Phi) is 4.47.